The molecule has 6 nitrogen and oxygen atoms in total. The lowest BCUT2D eigenvalue weighted by Gasteiger charge is -2.43. The third-order valence-electron chi connectivity index (χ3n) is 5.96. The average Bonchev–Trinajstić information content (AvgIpc) is 3.23. The van der Waals surface area contributed by atoms with Crippen LogP contribution in [-0.2, 0) is 4.79 Å². The van der Waals surface area contributed by atoms with Crippen molar-refractivity contribution in [3.05, 3.63) is 59.6 Å². The Hall–Kier alpha value is -2.86. The van der Waals surface area contributed by atoms with Crippen LogP contribution in [0.5, 0.6) is 0 Å². The number of anilines is 1. The fourth-order valence-electron chi connectivity index (χ4n) is 4.53. The summed E-state index contributed by atoms with van der Waals surface area (Å²) in [4.78, 5) is 31.7. The molecule has 2 aromatic rings. The lowest BCUT2D eigenvalue weighted by atomic mass is 9.88. The minimum absolute atomic E-state index is 0.0830. The number of nitrogens with zero attached hydrogens (tertiary/aromatic N) is 3. The van der Waals surface area contributed by atoms with E-state index in [0.29, 0.717) is 38.5 Å². The Morgan fingerprint density at radius 2 is 1.80 bits per heavy atom. The molecule has 2 amide bonds. The van der Waals surface area contributed by atoms with Crippen LogP contribution < -0.4 is 4.90 Å². The van der Waals surface area contributed by atoms with Gasteiger partial charge in [0.2, 0.25) is 5.91 Å². The number of aryl methyl sites for hydroxylation is 1. The van der Waals surface area contributed by atoms with E-state index in [0.717, 1.165) is 11.3 Å². The molecule has 0 aliphatic carbocycles. The van der Waals surface area contributed by atoms with Crippen LogP contribution in [0.3, 0.4) is 0 Å². The standard InChI is InChI=1S/C24H29N3O3/c1-17-7-8-20-19(14-17)18(2)15-24(3,4)27(20)22(28)16-25-9-11-26(12-10-25)23(29)21-6-5-13-30-21/h5-8,13-15H,9-12,16H2,1-4H3. The van der Waals surface area contributed by atoms with Gasteiger partial charge < -0.3 is 14.2 Å². The first-order chi connectivity index (χ1) is 14.3. The van der Waals surface area contributed by atoms with E-state index in [2.05, 4.69) is 56.9 Å². The molecule has 3 heterocycles. The molecule has 0 atom stereocenters. The minimum atomic E-state index is -0.388. The van der Waals surface area contributed by atoms with Gasteiger partial charge in [-0.1, -0.05) is 17.7 Å². The highest BCUT2D eigenvalue weighted by atomic mass is 16.3. The Morgan fingerprint density at radius 1 is 1.07 bits per heavy atom. The van der Waals surface area contributed by atoms with Crippen LogP contribution in [0.4, 0.5) is 5.69 Å². The molecule has 1 aromatic heterocycles. The number of furan rings is 1. The normalized spacial score (nSPS) is 18.7. The summed E-state index contributed by atoms with van der Waals surface area (Å²) in [5.41, 5.74) is 4.10. The van der Waals surface area contributed by atoms with Gasteiger partial charge in [-0.05, 0) is 57.5 Å². The van der Waals surface area contributed by atoms with E-state index < -0.39 is 0 Å². The molecule has 1 saturated heterocycles. The second-order valence-electron chi connectivity index (χ2n) is 8.78. The maximum Gasteiger partial charge on any atom is 0.289 e. The number of benzene rings is 1. The molecule has 4 rings (SSSR count). The lowest BCUT2D eigenvalue weighted by molar-refractivity contribution is -0.120. The number of piperazine rings is 1. The summed E-state index contributed by atoms with van der Waals surface area (Å²) < 4.78 is 5.22. The maximum atomic E-state index is 13.4. The van der Waals surface area contributed by atoms with E-state index in [9.17, 15) is 9.59 Å². The molecule has 30 heavy (non-hydrogen) atoms. The molecular formula is C24H29N3O3. The van der Waals surface area contributed by atoms with E-state index in [4.69, 9.17) is 4.42 Å². The van der Waals surface area contributed by atoms with Gasteiger partial charge in [0.15, 0.2) is 5.76 Å². The third-order valence-corrected chi connectivity index (χ3v) is 5.96. The maximum absolute atomic E-state index is 13.4. The van der Waals surface area contributed by atoms with Crippen LogP contribution in [0, 0.1) is 6.92 Å². The van der Waals surface area contributed by atoms with Crippen LogP contribution in [0.1, 0.15) is 42.5 Å². The van der Waals surface area contributed by atoms with Gasteiger partial charge >= 0.3 is 0 Å². The molecule has 2 aliphatic heterocycles. The molecule has 6 heteroatoms. The van der Waals surface area contributed by atoms with Crippen molar-refractivity contribution < 1.29 is 14.0 Å². The zero-order chi connectivity index (χ0) is 21.5. The van der Waals surface area contributed by atoms with Crippen molar-refractivity contribution in [2.75, 3.05) is 37.6 Å². The van der Waals surface area contributed by atoms with E-state index >= 15 is 0 Å². The highest BCUT2D eigenvalue weighted by Gasteiger charge is 2.36. The van der Waals surface area contributed by atoms with Crippen molar-refractivity contribution in [1.29, 1.82) is 0 Å². The van der Waals surface area contributed by atoms with Gasteiger partial charge in [0.1, 0.15) is 0 Å². The van der Waals surface area contributed by atoms with Crippen LogP contribution in [0.25, 0.3) is 5.57 Å². The van der Waals surface area contributed by atoms with E-state index in [1.54, 1.807) is 17.0 Å². The number of hydrogen-bond acceptors (Lipinski definition) is 4. The first kappa shape index (κ1) is 20.4. The summed E-state index contributed by atoms with van der Waals surface area (Å²) in [7, 11) is 0. The average molecular weight is 408 g/mol. The third kappa shape index (κ3) is 3.79. The quantitative estimate of drug-likeness (QED) is 0.781. The summed E-state index contributed by atoms with van der Waals surface area (Å²) in [6, 6.07) is 9.67. The Balaban J connectivity index is 1.45. The molecule has 1 aromatic carbocycles. The summed E-state index contributed by atoms with van der Waals surface area (Å²) in [5, 5.41) is 0. The first-order valence-corrected chi connectivity index (χ1v) is 10.4. The van der Waals surface area contributed by atoms with Crippen molar-refractivity contribution >= 4 is 23.1 Å². The highest BCUT2D eigenvalue weighted by Crippen LogP contribution is 2.39. The molecule has 0 N–H and O–H groups in total. The fourth-order valence-corrected chi connectivity index (χ4v) is 4.53. The van der Waals surface area contributed by atoms with Gasteiger partial charge in [0.25, 0.3) is 5.91 Å². The zero-order valence-corrected chi connectivity index (χ0v) is 18.1. The number of fused-ring (bicyclic) bond motifs is 1. The van der Waals surface area contributed by atoms with E-state index in [1.807, 2.05) is 4.90 Å². The van der Waals surface area contributed by atoms with Crippen molar-refractivity contribution in [1.82, 2.24) is 9.80 Å². The summed E-state index contributed by atoms with van der Waals surface area (Å²) in [6.45, 7) is 11.2. The van der Waals surface area contributed by atoms with Gasteiger partial charge in [-0.25, -0.2) is 0 Å². The molecule has 158 valence electrons. The monoisotopic (exact) mass is 407 g/mol. The van der Waals surface area contributed by atoms with Crippen LogP contribution >= 0.6 is 0 Å². The first-order valence-electron chi connectivity index (χ1n) is 10.4. The molecule has 0 bridgehead atoms. The number of carbonyl (C=O) groups excluding carboxylic acids is 2. The van der Waals surface area contributed by atoms with Crippen molar-refractivity contribution in [3.8, 4) is 0 Å². The van der Waals surface area contributed by atoms with Crippen LogP contribution in [0.15, 0.2) is 47.1 Å². The second kappa shape index (κ2) is 7.76. The van der Waals surface area contributed by atoms with Gasteiger partial charge in [0.05, 0.1) is 24.0 Å². The van der Waals surface area contributed by atoms with Crippen molar-refractivity contribution in [2.45, 2.75) is 33.2 Å². The van der Waals surface area contributed by atoms with Gasteiger partial charge in [0, 0.05) is 31.7 Å². The summed E-state index contributed by atoms with van der Waals surface area (Å²) in [5.74, 6) is 0.358. The predicted octanol–water partition coefficient (Wildman–Crippen LogP) is 3.57. The Kier molecular flexibility index (Phi) is 5.28. The minimum Gasteiger partial charge on any atom is -0.459 e. The zero-order valence-electron chi connectivity index (χ0n) is 18.1. The molecule has 0 spiro atoms. The smallest absolute Gasteiger partial charge is 0.289 e. The number of carbonyl (C=O) groups is 2. The van der Waals surface area contributed by atoms with Crippen molar-refractivity contribution in [2.24, 2.45) is 0 Å². The van der Waals surface area contributed by atoms with Crippen LogP contribution in [-0.4, -0.2) is 59.9 Å². The molecule has 2 aliphatic rings. The van der Waals surface area contributed by atoms with Gasteiger partial charge in [-0.2, -0.15) is 0 Å². The number of allylic oxidation sites excluding steroid dienone is 1. The van der Waals surface area contributed by atoms with Crippen LogP contribution in [0.2, 0.25) is 0 Å². The molecule has 0 radical (unpaired) electrons. The van der Waals surface area contributed by atoms with Crippen molar-refractivity contribution in [3.63, 3.8) is 0 Å². The number of hydrogen-bond donors (Lipinski definition) is 0. The molecule has 0 saturated carbocycles. The predicted molar refractivity (Wildman–Crippen MR) is 117 cm³/mol. The largest absolute Gasteiger partial charge is 0.459 e. The van der Waals surface area contributed by atoms with Gasteiger partial charge in [-0.3, -0.25) is 14.5 Å². The Labute approximate surface area is 177 Å². The molecule has 1 fully saturated rings. The Bertz CT molecular complexity index is 983. The fraction of sp³-hybridized carbons (Fsp3) is 0.417. The summed E-state index contributed by atoms with van der Waals surface area (Å²) in [6.07, 6.45) is 3.69. The summed E-state index contributed by atoms with van der Waals surface area (Å²) >= 11 is 0. The van der Waals surface area contributed by atoms with Gasteiger partial charge in [-0.15, -0.1) is 0 Å². The number of rotatable bonds is 3. The Morgan fingerprint density at radius 3 is 2.47 bits per heavy atom. The van der Waals surface area contributed by atoms with E-state index in [1.165, 1.54) is 17.4 Å². The molecular weight excluding hydrogens is 378 g/mol. The highest BCUT2D eigenvalue weighted by molar-refractivity contribution is 6.01. The SMILES string of the molecule is CC1=CC(C)(C)N(C(=O)CN2CCN(C(=O)c3ccco3)CC2)c2ccc(C)cc21. The molecule has 0 unspecified atom stereocenters. The number of amides is 2. The lowest BCUT2D eigenvalue weighted by Crippen LogP contribution is -2.55. The second-order valence-corrected chi connectivity index (χ2v) is 8.78. The topological polar surface area (TPSA) is 57.0 Å². The van der Waals surface area contributed by atoms with E-state index in [-0.39, 0.29) is 17.4 Å².